The van der Waals surface area contributed by atoms with Crippen LogP contribution in [0.3, 0.4) is 0 Å². The number of hydrogen-bond acceptors (Lipinski definition) is 3. The maximum Gasteiger partial charge on any atom is 0.310 e. The second-order valence-electron chi connectivity index (χ2n) is 5.42. The quantitative estimate of drug-likeness (QED) is 0.794. The van der Waals surface area contributed by atoms with E-state index in [9.17, 15) is 14.7 Å². The van der Waals surface area contributed by atoms with Crippen LogP contribution in [0.15, 0.2) is 0 Å². The van der Waals surface area contributed by atoms with E-state index >= 15 is 0 Å². The molecule has 1 atom stereocenters. The fraction of sp³-hybridized carbons (Fsp3) is 0.846. The minimum Gasteiger partial charge on any atom is -0.481 e. The van der Waals surface area contributed by atoms with Crippen molar-refractivity contribution in [3.05, 3.63) is 0 Å². The summed E-state index contributed by atoms with van der Waals surface area (Å²) in [6.07, 6.45) is 5.00. The predicted molar refractivity (Wildman–Crippen MR) is 65.1 cm³/mol. The monoisotopic (exact) mass is 255 g/mol. The van der Waals surface area contributed by atoms with Gasteiger partial charge in [0.05, 0.1) is 5.41 Å². The molecule has 1 aliphatic carbocycles. The summed E-state index contributed by atoms with van der Waals surface area (Å²) < 4.78 is 5.33. The van der Waals surface area contributed by atoms with Gasteiger partial charge in [0.25, 0.3) is 0 Å². The van der Waals surface area contributed by atoms with Crippen LogP contribution in [0.2, 0.25) is 0 Å². The highest BCUT2D eigenvalue weighted by Crippen LogP contribution is 2.44. The minimum atomic E-state index is -0.826. The maximum atomic E-state index is 11.9. The molecule has 0 aromatic heterocycles. The Morgan fingerprint density at radius 1 is 1.22 bits per heavy atom. The number of carboxylic acid groups (broad SMARTS) is 1. The van der Waals surface area contributed by atoms with Crippen LogP contribution in [0.5, 0.6) is 0 Å². The Morgan fingerprint density at radius 2 is 2.00 bits per heavy atom. The molecule has 1 saturated carbocycles. The zero-order chi connectivity index (χ0) is 13.0. The van der Waals surface area contributed by atoms with Crippen LogP contribution in [0.4, 0.5) is 0 Å². The Balaban J connectivity index is 1.82. The lowest BCUT2D eigenvalue weighted by molar-refractivity contribution is -0.157. The van der Waals surface area contributed by atoms with Gasteiger partial charge in [-0.1, -0.05) is 6.42 Å². The highest BCUT2D eigenvalue weighted by Gasteiger charge is 2.46. The number of nitrogens with one attached hydrogen (secondary N) is 1. The van der Waals surface area contributed by atoms with Crippen LogP contribution >= 0.6 is 0 Å². The third-order valence-electron chi connectivity index (χ3n) is 4.08. The van der Waals surface area contributed by atoms with Crippen molar-refractivity contribution in [1.82, 2.24) is 5.32 Å². The molecule has 18 heavy (non-hydrogen) atoms. The van der Waals surface area contributed by atoms with Crippen molar-refractivity contribution in [2.75, 3.05) is 13.2 Å². The SMILES string of the molecule is O=C(CC1(C(=O)O)CCC1)NC1CCCOCC1. The van der Waals surface area contributed by atoms with Gasteiger partial charge in [0, 0.05) is 25.7 Å². The Hall–Kier alpha value is -1.10. The van der Waals surface area contributed by atoms with Crippen LogP contribution < -0.4 is 5.32 Å². The smallest absolute Gasteiger partial charge is 0.310 e. The number of carbonyl (C=O) groups excluding carboxylic acids is 1. The average Bonchev–Trinajstić information content (AvgIpc) is 2.51. The summed E-state index contributed by atoms with van der Waals surface area (Å²) >= 11 is 0. The third-order valence-corrected chi connectivity index (χ3v) is 4.08. The molecule has 0 radical (unpaired) electrons. The van der Waals surface area contributed by atoms with E-state index < -0.39 is 11.4 Å². The molecule has 5 heteroatoms. The van der Waals surface area contributed by atoms with Crippen LogP contribution in [0.1, 0.15) is 44.9 Å². The van der Waals surface area contributed by atoms with E-state index in [0.717, 1.165) is 32.3 Å². The first-order valence-electron chi connectivity index (χ1n) is 6.73. The zero-order valence-corrected chi connectivity index (χ0v) is 10.6. The van der Waals surface area contributed by atoms with Crippen LogP contribution in [-0.2, 0) is 14.3 Å². The first-order valence-corrected chi connectivity index (χ1v) is 6.73. The molecule has 2 rings (SSSR count). The maximum absolute atomic E-state index is 11.9. The number of ether oxygens (including phenoxy) is 1. The topological polar surface area (TPSA) is 75.6 Å². The van der Waals surface area contributed by atoms with Gasteiger partial charge in [-0.3, -0.25) is 9.59 Å². The van der Waals surface area contributed by atoms with E-state index in [1.807, 2.05) is 0 Å². The van der Waals surface area contributed by atoms with Crippen LogP contribution in [0, 0.1) is 5.41 Å². The predicted octanol–water partition coefficient (Wildman–Crippen LogP) is 1.32. The fourth-order valence-electron chi connectivity index (χ4n) is 2.70. The zero-order valence-electron chi connectivity index (χ0n) is 10.6. The van der Waals surface area contributed by atoms with Gasteiger partial charge in [0.15, 0.2) is 0 Å². The lowest BCUT2D eigenvalue weighted by Gasteiger charge is -2.37. The van der Waals surface area contributed by atoms with Crippen LogP contribution in [-0.4, -0.2) is 36.2 Å². The molecule has 5 nitrogen and oxygen atoms in total. The molecule has 2 N–H and O–H groups in total. The molecular weight excluding hydrogens is 234 g/mol. The number of aliphatic carboxylic acids is 1. The molecule has 0 aromatic carbocycles. The molecule has 2 fully saturated rings. The normalized spacial score (nSPS) is 26.8. The van der Waals surface area contributed by atoms with Gasteiger partial charge >= 0.3 is 5.97 Å². The minimum absolute atomic E-state index is 0.121. The highest BCUT2D eigenvalue weighted by atomic mass is 16.5. The van der Waals surface area contributed by atoms with Crippen molar-refractivity contribution in [2.45, 2.75) is 51.0 Å². The molecule has 1 unspecified atom stereocenters. The molecular formula is C13H21NO4. The summed E-state index contributed by atoms with van der Waals surface area (Å²) in [7, 11) is 0. The van der Waals surface area contributed by atoms with E-state index in [1.54, 1.807) is 0 Å². The number of hydrogen-bond donors (Lipinski definition) is 2. The molecule has 0 bridgehead atoms. The molecule has 1 amide bonds. The number of carbonyl (C=O) groups is 2. The van der Waals surface area contributed by atoms with Crippen molar-refractivity contribution in [3.63, 3.8) is 0 Å². The summed E-state index contributed by atoms with van der Waals surface area (Å²) in [6.45, 7) is 1.43. The lowest BCUT2D eigenvalue weighted by atomic mass is 9.66. The Bertz CT molecular complexity index is 317. The molecule has 0 spiro atoms. The van der Waals surface area contributed by atoms with E-state index in [1.165, 1.54) is 0 Å². The van der Waals surface area contributed by atoms with Gasteiger partial charge < -0.3 is 15.2 Å². The largest absolute Gasteiger partial charge is 0.481 e. The Labute approximate surface area is 107 Å². The first kappa shape index (κ1) is 13.3. The number of carboxylic acids is 1. The van der Waals surface area contributed by atoms with Gasteiger partial charge in [-0.2, -0.15) is 0 Å². The van der Waals surface area contributed by atoms with Crippen molar-refractivity contribution < 1.29 is 19.4 Å². The van der Waals surface area contributed by atoms with Crippen molar-refractivity contribution in [3.8, 4) is 0 Å². The van der Waals surface area contributed by atoms with E-state index in [4.69, 9.17) is 4.74 Å². The molecule has 1 aliphatic heterocycles. The van der Waals surface area contributed by atoms with Gasteiger partial charge in [-0.15, -0.1) is 0 Å². The molecule has 1 heterocycles. The van der Waals surface area contributed by atoms with E-state index in [2.05, 4.69) is 5.32 Å². The molecule has 2 aliphatic rings. The van der Waals surface area contributed by atoms with Crippen molar-refractivity contribution in [2.24, 2.45) is 5.41 Å². The van der Waals surface area contributed by atoms with E-state index in [-0.39, 0.29) is 18.4 Å². The summed E-state index contributed by atoms with van der Waals surface area (Å²) in [5.74, 6) is -0.947. The third kappa shape index (κ3) is 3.02. The molecule has 102 valence electrons. The van der Waals surface area contributed by atoms with E-state index in [0.29, 0.717) is 19.4 Å². The number of rotatable bonds is 4. The Kier molecular flexibility index (Phi) is 4.22. The lowest BCUT2D eigenvalue weighted by Crippen LogP contribution is -2.44. The van der Waals surface area contributed by atoms with Gasteiger partial charge in [-0.25, -0.2) is 0 Å². The molecule has 0 aromatic rings. The second kappa shape index (κ2) is 5.69. The van der Waals surface area contributed by atoms with Crippen molar-refractivity contribution in [1.29, 1.82) is 0 Å². The summed E-state index contributed by atoms with van der Waals surface area (Å²) in [5, 5.41) is 12.1. The Morgan fingerprint density at radius 3 is 2.61 bits per heavy atom. The number of amides is 1. The van der Waals surface area contributed by atoms with Crippen LogP contribution in [0.25, 0.3) is 0 Å². The van der Waals surface area contributed by atoms with Gasteiger partial charge in [0.1, 0.15) is 0 Å². The van der Waals surface area contributed by atoms with Gasteiger partial charge in [-0.05, 0) is 32.1 Å². The summed E-state index contributed by atoms with van der Waals surface area (Å²) in [6, 6.07) is 0.144. The molecule has 1 saturated heterocycles. The summed E-state index contributed by atoms with van der Waals surface area (Å²) in [4.78, 5) is 23.1. The van der Waals surface area contributed by atoms with Gasteiger partial charge in [0.2, 0.25) is 5.91 Å². The summed E-state index contributed by atoms with van der Waals surface area (Å²) in [5.41, 5.74) is -0.786. The second-order valence-corrected chi connectivity index (χ2v) is 5.42. The highest BCUT2D eigenvalue weighted by molar-refractivity contribution is 5.85. The first-order chi connectivity index (χ1) is 8.62. The average molecular weight is 255 g/mol. The van der Waals surface area contributed by atoms with Crippen molar-refractivity contribution >= 4 is 11.9 Å². The fourth-order valence-corrected chi connectivity index (χ4v) is 2.70. The standard InChI is InChI=1S/C13H21NO4/c15-11(9-13(12(16)17)5-2-6-13)14-10-3-1-7-18-8-4-10/h10H,1-9H2,(H,14,15)(H,16,17).